The SMILES string of the molecule is C=C1/C(=C\C(I)=C/C)CC(C)CC2=NC=C=C(C3CCC(CC/C(C)=C/C=C\C)CC3)N12. The molecule has 1 atom stereocenters. The molecule has 0 N–H and O–H groups in total. The summed E-state index contributed by atoms with van der Waals surface area (Å²) in [6, 6.07) is 0. The minimum absolute atomic E-state index is 0.555. The van der Waals surface area contributed by atoms with Gasteiger partial charge in [-0.3, -0.25) is 4.90 Å². The van der Waals surface area contributed by atoms with E-state index in [9.17, 15) is 0 Å². The zero-order valence-corrected chi connectivity index (χ0v) is 22.5. The lowest BCUT2D eigenvalue weighted by Crippen LogP contribution is -2.34. The van der Waals surface area contributed by atoms with Crippen molar-refractivity contribution in [3.63, 3.8) is 0 Å². The van der Waals surface area contributed by atoms with E-state index in [1.54, 1.807) is 0 Å². The van der Waals surface area contributed by atoms with Crippen LogP contribution < -0.4 is 0 Å². The van der Waals surface area contributed by atoms with Crippen molar-refractivity contribution in [1.29, 1.82) is 0 Å². The second-order valence-electron chi connectivity index (χ2n) is 9.64. The molecule has 0 aromatic rings. The Morgan fingerprint density at radius 1 is 1.25 bits per heavy atom. The average molecular weight is 543 g/mol. The van der Waals surface area contributed by atoms with Gasteiger partial charge in [0.25, 0.3) is 0 Å². The van der Waals surface area contributed by atoms with E-state index in [-0.39, 0.29) is 0 Å². The predicted molar refractivity (Wildman–Crippen MR) is 148 cm³/mol. The van der Waals surface area contributed by atoms with Crippen molar-refractivity contribution in [2.45, 2.75) is 79.1 Å². The number of halogens is 1. The number of amidine groups is 1. The number of allylic oxidation sites excluding steroid dienone is 9. The molecule has 0 spiro atoms. The monoisotopic (exact) mass is 542 g/mol. The molecule has 1 aliphatic carbocycles. The van der Waals surface area contributed by atoms with Gasteiger partial charge in [0.1, 0.15) is 5.84 Å². The Labute approximate surface area is 209 Å². The molecule has 3 rings (SSSR count). The molecule has 2 nitrogen and oxygen atoms in total. The topological polar surface area (TPSA) is 15.6 Å². The predicted octanol–water partition coefficient (Wildman–Crippen LogP) is 9.01. The molecule has 3 heteroatoms. The third kappa shape index (κ3) is 6.48. The Kier molecular flexibility index (Phi) is 9.43. The number of hydrogen-bond acceptors (Lipinski definition) is 2. The third-order valence-corrected chi connectivity index (χ3v) is 7.94. The fourth-order valence-electron chi connectivity index (χ4n) is 5.09. The summed E-state index contributed by atoms with van der Waals surface area (Å²) in [7, 11) is 0. The third-order valence-electron chi connectivity index (χ3n) is 7.01. The lowest BCUT2D eigenvalue weighted by atomic mass is 9.78. The zero-order valence-electron chi connectivity index (χ0n) is 20.3. The van der Waals surface area contributed by atoms with E-state index in [4.69, 9.17) is 4.99 Å². The average Bonchev–Trinajstić information content (AvgIpc) is 2.92. The molecule has 1 saturated carbocycles. The summed E-state index contributed by atoms with van der Waals surface area (Å²) in [4.78, 5) is 7.11. The van der Waals surface area contributed by atoms with Gasteiger partial charge < -0.3 is 0 Å². The van der Waals surface area contributed by atoms with Crippen LogP contribution in [0.1, 0.15) is 79.1 Å². The van der Waals surface area contributed by atoms with Crippen molar-refractivity contribution in [2.24, 2.45) is 22.7 Å². The highest BCUT2D eigenvalue weighted by molar-refractivity contribution is 14.1. The summed E-state index contributed by atoms with van der Waals surface area (Å²) in [5.41, 5.74) is 8.78. The molecular weight excluding hydrogens is 503 g/mol. The number of fused-ring (bicyclic) bond motifs is 1. The van der Waals surface area contributed by atoms with Crippen molar-refractivity contribution in [3.8, 4) is 0 Å². The quantitative estimate of drug-likeness (QED) is 0.186. The van der Waals surface area contributed by atoms with Gasteiger partial charge in [-0.05, 0) is 112 Å². The molecule has 1 saturated heterocycles. The van der Waals surface area contributed by atoms with Crippen LogP contribution in [0.25, 0.3) is 0 Å². The highest BCUT2D eigenvalue weighted by Gasteiger charge is 2.34. The molecule has 2 fully saturated rings. The summed E-state index contributed by atoms with van der Waals surface area (Å²) in [6.45, 7) is 13.3. The van der Waals surface area contributed by atoms with Gasteiger partial charge in [-0.25, -0.2) is 4.99 Å². The second kappa shape index (κ2) is 12.0. The van der Waals surface area contributed by atoms with Crippen LogP contribution in [0.3, 0.4) is 0 Å². The number of rotatable bonds is 6. The van der Waals surface area contributed by atoms with E-state index in [2.05, 4.69) is 97.9 Å². The second-order valence-corrected chi connectivity index (χ2v) is 10.9. The van der Waals surface area contributed by atoms with Crippen LogP contribution >= 0.6 is 22.6 Å². The summed E-state index contributed by atoms with van der Waals surface area (Å²) in [5.74, 6) is 3.12. The minimum Gasteiger partial charge on any atom is -0.295 e. The number of hydrogen-bond donors (Lipinski definition) is 0. The molecule has 32 heavy (non-hydrogen) atoms. The van der Waals surface area contributed by atoms with Crippen molar-refractivity contribution >= 4 is 28.4 Å². The van der Waals surface area contributed by atoms with Crippen molar-refractivity contribution < 1.29 is 0 Å². The lowest BCUT2D eigenvalue weighted by Gasteiger charge is -2.37. The molecule has 3 aliphatic rings. The van der Waals surface area contributed by atoms with Crippen LogP contribution in [0.4, 0.5) is 0 Å². The van der Waals surface area contributed by atoms with Crippen molar-refractivity contribution in [3.05, 3.63) is 75.0 Å². The van der Waals surface area contributed by atoms with Gasteiger partial charge >= 0.3 is 0 Å². The molecule has 0 aromatic carbocycles. The van der Waals surface area contributed by atoms with E-state index < -0.39 is 0 Å². The fraction of sp³-hybridized carbons (Fsp3) is 0.517. The normalized spacial score (nSPS) is 28.7. The first-order valence-electron chi connectivity index (χ1n) is 12.2. The Morgan fingerprint density at radius 3 is 2.69 bits per heavy atom. The van der Waals surface area contributed by atoms with Gasteiger partial charge in [-0.1, -0.05) is 49.1 Å². The van der Waals surface area contributed by atoms with Crippen LogP contribution in [0.15, 0.2) is 80.0 Å². The molecule has 2 aliphatic heterocycles. The van der Waals surface area contributed by atoms with Crippen molar-refractivity contribution in [2.75, 3.05) is 0 Å². The Bertz CT molecular complexity index is 913. The first-order chi connectivity index (χ1) is 15.4. The van der Waals surface area contributed by atoms with Crippen LogP contribution in [0, 0.1) is 17.8 Å². The molecule has 1 unspecified atom stereocenters. The van der Waals surface area contributed by atoms with Gasteiger partial charge in [0.2, 0.25) is 0 Å². The standard InChI is InChI=1S/C29H39IN2/c1-6-8-9-21(3)10-11-24-12-14-25(15-13-24)28-16-17-31-29-19-22(4)18-26(20-27(30)7-2)23(5)32(28)29/h6-9,17,20,22,24-25H,5,10-15,18-19H2,1-4H3/b8-6-,21-9+,26-20-,27-7+. The van der Waals surface area contributed by atoms with Gasteiger partial charge in [0, 0.05) is 21.6 Å². The maximum Gasteiger partial charge on any atom is 0.114 e. The van der Waals surface area contributed by atoms with Crippen LogP contribution in [-0.4, -0.2) is 10.7 Å². The molecule has 0 radical (unpaired) electrons. The van der Waals surface area contributed by atoms with Crippen molar-refractivity contribution in [1.82, 2.24) is 4.90 Å². The smallest absolute Gasteiger partial charge is 0.114 e. The van der Waals surface area contributed by atoms with Crippen LogP contribution in [-0.2, 0) is 0 Å². The van der Waals surface area contributed by atoms with E-state index in [1.165, 1.54) is 58.9 Å². The van der Waals surface area contributed by atoms with E-state index in [0.29, 0.717) is 11.8 Å². The maximum atomic E-state index is 4.75. The fourth-order valence-corrected chi connectivity index (χ4v) is 5.47. The molecule has 2 heterocycles. The van der Waals surface area contributed by atoms with E-state index in [1.807, 2.05) is 6.20 Å². The largest absolute Gasteiger partial charge is 0.295 e. The molecule has 172 valence electrons. The highest BCUT2D eigenvalue weighted by atomic mass is 127. The van der Waals surface area contributed by atoms with Gasteiger partial charge in [0.15, 0.2) is 0 Å². The Balaban J connectivity index is 1.70. The van der Waals surface area contributed by atoms with Gasteiger partial charge in [-0.15, -0.1) is 0 Å². The first-order valence-corrected chi connectivity index (χ1v) is 13.3. The first kappa shape index (κ1) is 25.1. The summed E-state index contributed by atoms with van der Waals surface area (Å²) in [6.07, 6.45) is 22.6. The Hall–Kier alpha value is -1.58. The number of aliphatic imine (C=N–C) groups is 1. The Morgan fingerprint density at radius 2 is 2.00 bits per heavy atom. The maximum absolute atomic E-state index is 4.75. The zero-order chi connectivity index (χ0) is 23.1. The van der Waals surface area contributed by atoms with Gasteiger partial charge in [0.05, 0.1) is 11.9 Å². The molecule has 0 bridgehead atoms. The van der Waals surface area contributed by atoms with Gasteiger partial charge in [-0.2, -0.15) is 0 Å². The summed E-state index contributed by atoms with van der Waals surface area (Å²) < 4.78 is 1.27. The van der Waals surface area contributed by atoms with E-state index in [0.717, 1.165) is 30.3 Å². The molecule has 0 aromatic heterocycles. The summed E-state index contributed by atoms with van der Waals surface area (Å²) >= 11 is 2.41. The minimum atomic E-state index is 0.555. The van der Waals surface area contributed by atoms with Crippen LogP contribution in [0.5, 0.6) is 0 Å². The van der Waals surface area contributed by atoms with E-state index >= 15 is 0 Å². The lowest BCUT2D eigenvalue weighted by molar-refractivity contribution is 0.270. The molecule has 0 amide bonds. The molecular formula is C29H39IN2. The number of nitrogens with zero attached hydrogens (tertiary/aromatic N) is 2. The van der Waals surface area contributed by atoms with Crippen LogP contribution in [0.2, 0.25) is 0 Å². The highest BCUT2D eigenvalue weighted by Crippen LogP contribution is 2.41. The summed E-state index contributed by atoms with van der Waals surface area (Å²) in [5, 5.41) is 0.